The van der Waals surface area contributed by atoms with Crippen LogP contribution in [-0.4, -0.2) is 38.4 Å². The quantitative estimate of drug-likeness (QED) is 0.0579. The van der Waals surface area contributed by atoms with Gasteiger partial charge in [0, 0.05) is 32.0 Å². The van der Waals surface area contributed by atoms with E-state index in [1.807, 2.05) is 81.5 Å². The van der Waals surface area contributed by atoms with Crippen molar-refractivity contribution in [2.75, 3.05) is 20.9 Å². The second kappa shape index (κ2) is 22.7. The Morgan fingerprint density at radius 1 is 0.804 bits per heavy atom. The predicted octanol–water partition coefficient (Wildman–Crippen LogP) is 14.5. The van der Waals surface area contributed by atoms with Gasteiger partial charge in [-0.3, -0.25) is 0 Å². The fraction of sp³-hybridized carbons (Fsp3) is 0.304. The van der Waals surface area contributed by atoms with Crippen LogP contribution in [0.1, 0.15) is 68.2 Å². The van der Waals surface area contributed by atoms with Crippen LogP contribution in [0.25, 0.3) is 27.7 Å². The van der Waals surface area contributed by atoms with Crippen molar-refractivity contribution in [3.63, 3.8) is 0 Å². The number of methoxy groups -OCH3 is 2. The average Bonchev–Trinajstić information content (AvgIpc) is 3.85. The molecule has 1 unspecified atom stereocenters. The van der Waals surface area contributed by atoms with Gasteiger partial charge in [0.25, 0.3) is 0 Å². The number of thiophene rings is 2. The Bertz CT molecular complexity index is 1980. The van der Waals surface area contributed by atoms with Crippen molar-refractivity contribution in [2.24, 2.45) is 0 Å². The number of halogens is 6. The third-order valence-electron chi connectivity index (χ3n) is 8.13. The normalized spacial score (nSPS) is 16.7. The van der Waals surface area contributed by atoms with Crippen molar-refractivity contribution >= 4 is 39.9 Å². The number of allylic oxidation sites excluding steroid dienone is 8. The second-order valence-electron chi connectivity index (χ2n) is 11.8. The van der Waals surface area contributed by atoms with E-state index in [4.69, 9.17) is 9.47 Å². The highest BCUT2D eigenvalue weighted by molar-refractivity contribution is 7.17. The Kier molecular flexibility index (Phi) is 19.3. The van der Waals surface area contributed by atoms with Gasteiger partial charge >= 0.3 is 11.8 Å². The summed E-state index contributed by atoms with van der Waals surface area (Å²) >= 11 is 1.89. The van der Waals surface area contributed by atoms with Crippen LogP contribution in [0.15, 0.2) is 110 Å². The summed E-state index contributed by atoms with van der Waals surface area (Å²) < 4.78 is 103. The van der Waals surface area contributed by atoms with Crippen LogP contribution >= 0.6 is 22.7 Å². The van der Waals surface area contributed by atoms with Gasteiger partial charge in [-0.15, -0.1) is 18.9 Å². The number of terminal acetylenes is 1. The zero-order valence-electron chi connectivity index (χ0n) is 32.9. The molecule has 0 spiro atoms. The standard InChI is InChI=1S/C32H30F6O2S2.C9H10.C3H4.C2H6/c1-5-7-8-9-10-12-20-13-15-21(16-14-20)25-18-24(29(40-4)42-25)27-26(23-17-22(11-6-2)41-28(23)39-3)30(34,19-33)32(37,38)31(27,35)36;1-2-6-9-7-4-3-5-8-9;1-3-2;1-2/h6-11,13-18H,5,12,19H2,1-4H3;2-5,7-8H,1,6H2;1H,2H3;1-2H3/b8-7-,10-9-,11-6+;;;. The Hall–Kier alpha value is -4.72. The van der Waals surface area contributed by atoms with E-state index in [1.165, 1.54) is 31.9 Å². The SMILES string of the molecule is C#CC.C/C=C/c1cc(C2=C(c3cc(-c4ccc(C/C=C\C=C/CC)cc4)sc3OC)C(F)(F)C(F)(F)C2(F)CF)c(OC)s1.C=CCc1ccccc1.CC. The zero-order chi connectivity index (χ0) is 41.9. The molecular formula is C46H50F6O2S2. The van der Waals surface area contributed by atoms with Gasteiger partial charge in [0.2, 0.25) is 5.67 Å². The van der Waals surface area contributed by atoms with Gasteiger partial charge in [0.15, 0.2) is 10.1 Å². The van der Waals surface area contributed by atoms with Gasteiger partial charge in [-0.05, 0) is 68.0 Å². The number of hydrogen-bond donors (Lipinski definition) is 0. The summed E-state index contributed by atoms with van der Waals surface area (Å²) in [7, 11) is 2.42. The lowest BCUT2D eigenvalue weighted by Gasteiger charge is -2.29. The van der Waals surface area contributed by atoms with E-state index < -0.39 is 40.9 Å². The molecular weight excluding hydrogens is 763 g/mol. The molecule has 0 saturated heterocycles. The van der Waals surface area contributed by atoms with E-state index in [-0.39, 0.29) is 15.7 Å². The summed E-state index contributed by atoms with van der Waals surface area (Å²) in [6.07, 6.45) is 20.2. The van der Waals surface area contributed by atoms with Gasteiger partial charge in [-0.1, -0.05) is 134 Å². The van der Waals surface area contributed by atoms with Gasteiger partial charge in [0.1, 0.15) is 6.67 Å². The molecule has 0 saturated carbocycles. The van der Waals surface area contributed by atoms with E-state index >= 15 is 22.0 Å². The number of rotatable bonds is 13. The molecule has 2 aromatic carbocycles. The molecule has 0 amide bonds. The molecule has 1 atom stereocenters. The van der Waals surface area contributed by atoms with Crippen molar-refractivity contribution < 1.29 is 35.8 Å². The van der Waals surface area contributed by atoms with E-state index in [1.54, 1.807) is 38.1 Å². The molecule has 56 heavy (non-hydrogen) atoms. The molecule has 10 heteroatoms. The van der Waals surface area contributed by atoms with Gasteiger partial charge < -0.3 is 9.47 Å². The van der Waals surface area contributed by atoms with Crippen molar-refractivity contribution in [1.29, 1.82) is 0 Å². The first-order valence-electron chi connectivity index (χ1n) is 18.0. The first-order valence-corrected chi connectivity index (χ1v) is 19.7. The lowest BCUT2D eigenvalue weighted by molar-refractivity contribution is -0.221. The summed E-state index contributed by atoms with van der Waals surface area (Å²) in [4.78, 5) is 0.870. The summed E-state index contributed by atoms with van der Waals surface area (Å²) in [6, 6.07) is 20.1. The number of benzene rings is 2. The lowest BCUT2D eigenvalue weighted by atomic mass is 9.90. The Morgan fingerprint density at radius 2 is 1.36 bits per heavy atom. The second-order valence-corrected chi connectivity index (χ2v) is 13.9. The monoisotopic (exact) mass is 812 g/mol. The first kappa shape index (κ1) is 47.4. The molecule has 0 bridgehead atoms. The molecule has 4 aromatic rings. The molecule has 0 aliphatic heterocycles. The van der Waals surface area contributed by atoms with E-state index in [0.717, 1.165) is 41.1 Å². The van der Waals surface area contributed by atoms with Crippen molar-refractivity contribution in [3.8, 4) is 32.9 Å². The summed E-state index contributed by atoms with van der Waals surface area (Å²) in [5, 5.41) is -0.225. The number of alkyl halides is 6. The largest absolute Gasteiger partial charge is 0.487 e. The average molecular weight is 813 g/mol. The first-order chi connectivity index (χ1) is 26.8. The Morgan fingerprint density at radius 3 is 1.89 bits per heavy atom. The fourth-order valence-electron chi connectivity index (χ4n) is 5.61. The Balaban J connectivity index is 0.000000658. The maximum absolute atomic E-state index is 16.1. The molecule has 2 nitrogen and oxygen atoms in total. The number of ether oxygens (including phenoxy) is 2. The van der Waals surface area contributed by atoms with Crippen LogP contribution in [0.5, 0.6) is 10.1 Å². The predicted molar refractivity (Wildman–Crippen MR) is 227 cm³/mol. The molecule has 1 aliphatic rings. The highest BCUT2D eigenvalue weighted by atomic mass is 32.1. The van der Waals surface area contributed by atoms with Crippen molar-refractivity contribution in [2.45, 2.75) is 71.4 Å². The molecule has 2 aromatic heterocycles. The summed E-state index contributed by atoms with van der Waals surface area (Å²) in [5.41, 5.74) is -4.62. The van der Waals surface area contributed by atoms with Crippen LogP contribution in [0.2, 0.25) is 0 Å². The summed E-state index contributed by atoms with van der Waals surface area (Å²) in [6.45, 7) is 10.7. The molecule has 300 valence electrons. The fourth-order valence-corrected chi connectivity index (χ4v) is 7.55. The lowest BCUT2D eigenvalue weighted by Crippen LogP contribution is -2.52. The molecule has 0 N–H and O–H groups in total. The van der Waals surface area contributed by atoms with E-state index in [9.17, 15) is 4.39 Å². The molecule has 0 fully saturated rings. The minimum atomic E-state index is -5.39. The highest BCUT2D eigenvalue weighted by Gasteiger charge is 2.79. The smallest absolute Gasteiger partial charge is 0.354 e. The maximum Gasteiger partial charge on any atom is 0.354 e. The van der Waals surface area contributed by atoms with Gasteiger partial charge in [-0.25, -0.2) is 8.78 Å². The van der Waals surface area contributed by atoms with Crippen molar-refractivity contribution in [1.82, 2.24) is 0 Å². The van der Waals surface area contributed by atoms with E-state index in [0.29, 0.717) is 21.7 Å². The molecule has 1 aliphatic carbocycles. The van der Waals surface area contributed by atoms with Gasteiger partial charge in [0.05, 0.1) is 14.2 Å². The van der Waals surface area contributed by atoms with Crippen molar-refractivity contribution in [3.05, 3.63) is 137 Å². The Labute approximate surface area is 336 Å². The molecule has 0 radical (unpaired) electrons. The minimum Gasteiger partial charge on any atom is -0.487 e. The minimum absolute atomic E-state index is 0.0937. The zero-order valence-corrected chi connectivity index (χ0v) is 34.5. The van der Waals surface area contributed by atoms with Crippen LogP contribution in [0.3, 0.4) is 0 Å². The van der Waals surface area contributed by atoms with E-state index in [2.05, 4.69) is 31.1 Å². The molecule has 2 heterocycles. The molecule has 5 rings (SSSR count). The van der Waals surface area contributed by atoms with Crippen LogP contribution in [0, 0.1) is 12.3 Å². The number of hydrogen-bond acceptors (Lipinski definition) is 4. The maximum atomic E-state index is 16.1. The van der Waals surface area contributed by atoms with Crippen LogP contribution < -0.4 is 9.47 Å². The van der Waals surface area contributed by atoms with Gasteiger partial charge in [-0.2, -0.15) is 17.6 Å². The highest BCUT2D eigenvalue weighted by Crippen LogP contribution is 2.67. The topological polar surface area (TPSA) is 18.5 Å². The third kappa shape index (κ3) is 10.8. The third-order valence-corrected chi connectivity index (χ3v) is 10.3. The van der Waals surface area contributed by atoms with Crippen LogP contribution in [-0.2, 0) is 12.8 Å². The summed E-state index contributed by atoms with van der Waals surface area (Å²) in [5.74, 6) is -8.20. The van der Waals surface area contributed by atoms with Crippen LogP contribution in [0.4, 0.5) is 26.3 Å².